The minimum Gasteiger partial charge on any atom is -0.357 e. The van der Waals surface area contributed by atoms with E-state index >= 15 is 0 Å². The molecule has 2 fully saturated rings. The minimum absolute atomic E-state index is 0.172. The molecule has 3 heterocycles. The lowest BCUT2D eigenvalue weighted by molar-refractivity contribution is -0.0940. The van der Waals surface area contributed by atoms with Gasteiger partial charge < -0.3 is 10.2 Å². The molecular weight excluding hydrogens is 272 g/mol. The van der Waals surface area contributed by atoms with Gasteiger partial charge in [-0.3, -0.25) is 0 Å². The van der Waals surface area contributed by atoms with Gasteiger partial charge in [0.1, 0.15) is 5.82 Å². The Morgan fingerprint density at radius 3 is 2.38 bits per heavy atom. The Labute approximate surface area is 124 Å². The summed E-state index contributed by atoms with van der Waals surface area (Å²) in [6.45, 7) is 5.85. The first-order valence-electron chi connectivity index (χ1n) is 7.73. The highest BCUT2D eigenvalue weighted by molar-refractivity contribution is 5.40. The number of aromatic nitrogens is 1. The van der Waals surface area contributed by atoms with Crippen molar-refractivity contribution >= 4 is 5.82 Å². The number of rotatable bonds is 2. The van der Waals surface area contributed by atoms with Gasteiger partial charge in [-0.05, 0) is 30.4 Å². The Morgan fingerprint density at radius 2 is 1.90 bits per heavy atom. The molecule has 116 valence electrons. The van der Waals surface area contributed by atoms with Crippen molar-refractivity contribution in [2.45, 2.75) is 38.5 Å². The molecular formula is C16H23F2N3. The maximum Gasteiger partial charge on any atom is 0.267 e. The first-order chi connectivity index (χ1) is 9.94. The summed E-state index contributed by atoms with van der Waals surface area (Å²) in [5.41, 5.74) is 0.361. The fourth-order valence-corrected chi connectivity index (χ4v) is 3.41. The van der Waals surface area contributed by atoms with Crippen LogP contribution in [0.3, 0.4) is 0 Å². The molecule has 2 saturated heterocycles. The summed E-state index contributed by atoms with van der Waals surface area (Å²) < 4.78 is 28.1. The van der Waals surface area contributed by atoms with E-state index in [-0.39, 0.29) is 6.54 Å². The molecule has 0 aromatic carbocycles. The van der Waals surface area contributed by atoms with Crippen LogP contribution in [-0.4, -0.2) is 37.1 Å². The van der Waals surface area contributed by atoms with Crippen LogP contribution in [-0.2, 0) is 0 Å². The van der Waals surface area contributed by atoms with Crippen LogP contribution in [0.25, 0.3) is 0 Å². The second-order valence-electron chi connectivity index (χ2n) is 6.68. The van der Waals surface area contributed by atoms with Gasteiger partial charge in [0.05, 0.1) is 12.0 Å². The zero-order valence-electron chi connectivity index (χ0n) is 12.7. The maximum absolute atomic E-state index is 14.1. The quantitative estimate of drug-likeness (QED) is 0.909. The van der Waals surface area contributed by atoms with Gasteiger partial charge in [0.25, 0.3) is 5.92 Å². The summed E-state index contributed by atoms with van der Waals surface area (Å²) in [6, 6.07) is 4.10. The lowest BCUT2D eigenvalue weighted by atomic mass is 9.75. The predicted molar refractivity (Wildman–Crippen MR) is 80.0 cm³/mol. The van der Waals surface area contributed by atoms with Gasteiger partial charge in [-0.25, -0.2) is 13.8 Å². The first-order valence-corrected chi connectivity index (χ1v) is 7.73. The van der Waals surface area contributed by atoms with Gasteiger partial charge in [0.2, 0.25) is 0 Å². The standard InChI is InChI=1S/C16H23F2N3/c1-12(2)13-3-4-14(20-9-13)21-7-5-15(6-8-21)10-19-11-16(15,17)18/h3-4,9,12,19H,5-8,10-11H2,1-2H3. The molecule has 1 N–H and O–H groups in total. The van der Waals surface area contributed by atoms with Gasteiger partial charge >= 0.3 is 0 Å². The SMILES string of the molecule is CC(C)c1ccc(N2CCC3(CC2)CNCC3(F)F)nc1. The van der Waals surface area contributed by atoms with E-state index in [0.29, 0.717) is 38.4 Å². The highest BCUT2D eigenvalue weighted by atomic mass is 19.3. The second-order valence-corrected chi connectivity index (χ2v) is 6.68. The molecule has 0 atom stereocenters. The number of hydrogen-bond acceptors (Lipinski definition) is 3. The molecule has 0 saturated carbocycles. The first kappa shape index (κ1) is 14.7. The number of hydrogen-bond donors (Lipinski definition) is 1. The van der Waals surface area contributed by atoms with Crippen LogP contribution < -0.4 is 10.2 Å². The molecule has 5 heteroatoms. The molecule has 0 amide bonds. The van der Waals surface area contributed by atoms with E-state index in [0.717, 1.165) is 5.82 Å². The number of halogens is 2. The molecule has 1 aromatic rings. The van der Waals surface area contributed by atoms with E-state index in [9.17, 15) is 8.78 Å². The topological polar surface area (TPSA) is 28.2 Å². The summed E-state index contributed by atoms with van der Waals surface area (Å²) in [4.78, 5) is 6.63. The number of nitrogens with one attached hydrogen (secondary N) is 1. The largest absolute Gasteiger partial charge is 0.357 e. The fourth-order valence-electron chi connectivity index (χ4n) is 3.41. The number of piperidine rings is 1. The number of pyridine rings is 1. The van der Waals surface area contributed by atoms with E-state index in [2.05, 4.69) is 35.1 Å². The van der Waals surface area contributed by atoms with Crippen LogP contribution >= 0.6 is 0 Å². The van der Waals surface area contributed by atoms with Gasteiger partial charge in [-0.15, -0.1) is 0 Å². The Balaban J connectivity index is 1.68. The molecule has 0 bridgehead atoms. The summed E-state index contributed by atoms with van der Waals surface area (Å²) in [6.07, 6.45) is 2.96. The van der Waals surface area contributed by atoms with E-state index in [4.69, 9.17) is 0 Å². The van der Waals surface area contributed by atoms with Crippen molar-refractivity contribution in [2.24, 2.45) is 5.41 Å². The van der Waals surface area contributed by atoms with Crippen molar-refractivity contribution in [3.05, 3.63) is 23.9 Å². The average molecular weight is 295 g/mol. The summed E-state index contributed by atoms with van der Waals surface area (Å²) >= 11 is 0. The van der Waals surface area contributed by atoms with Gasteiger partial charge in [-0.2, -0.15) is 0 Å². The maximum atomic E-state index is 14.1. The monoisotopic (exact) mass is 295 g/mol. The lowest BCUT2D eigenvalue weighted by Crippen LogP contribution is -2.49. The predicted octanol–water partition coefficient (Wildman–Crippen LogP) is 3.03. The van der Waals surface area contributed by atoms with Crippen LogP contribution in [0, 0.1) is 5.41 Å². The smallest absolute Gasteiger partial charge is 0.267 e. The van der Waals surface area contributed by atoms with Gasteiger partial charge in [0, 0.05) is 25.8 Å². The van der Waals surface area contributed by atoms with Crippen LogP contribution in [0.15, 0.2) is 18.3 Å². The molecule has 0 radical (unpaired) electrons. The molecule has 2 aliphatic rings. The van der Waals surface area contributed by atoms with Crippen molar-refractivity contribution in [2.75, 3.05) is 31.1 Å². The third-order valence-corrected chi connectivity index (χ3v) is 5.07. The fraction of sp³-hybridized carbons (Fsp3) is 0.688. The van der Waals surface area contributed by atoms with Crippen molar-refractivity contribution in [3.8, 4) is 0 Å². The molecule has 1 aromatic heterocycles. The molecule has 1 spiro atoms. The van der Waals surface area contributed by atoms with Crippen LogP contribution in [0.2, 0.25) is 0 Å². The Bertz CT molecular complexity index is 491. The Hall–Kier alpha value is -1.23. The molecule has 21 heavy (non-hydrogen) atoms. The molecule has 0 aliphatic carbocycles. The highest BCUT2D eigenvalue weighted by Crippen LogP contribution is 2.47. The van der Waals surface area contributed by atoms with Crippen LogP contribution in [0.5, 0.6) is 0 Å². The Morgan fingerprint density at radius 1 is 1.19 bits per heavy atom. The van der Waals surface area contributed by atoms with E-state index < -0.39 is 11.3 Å². The lowest BCUT2D eigenvalue weighted by Gasteiger charge is -2.42. The number of nitrogens with zero attached hydrogens (tertiary/aromatic N) is 2. The van der Waals surface area contributed by atoms with E-state index in [1.807, 2.05) is 12.3 Å². The third-order valence-electron chi connectivity index (χ3n) is 5.07. The van der Waals surface area contributed by atoms with Gasteiger partial charge in [-0.1, -0.05) is 19.9 Å². The average Bonchev–Trinajstić information content (AvgIpc) is 2.75. The normalized spacial score (nSPS) is 24.0. The number of anilines is 1. The summed E-state index contributed by atoms with van der Waals surface area (Å²) in [5, 5.41) is 2.86. The van der Waals surface area contributed by atoms with Crippen LogP contribution in [0.4, 0.5) is 14.6 Å². The molecule has 2 aliphatic heterocycles. The van der Waals surface area contributed by atoms with Crippen molar-refractivity contribution in [1.82, 2.24) is 10.3 Å². The number of alkyl halides is 2. The van der Waals surface area contributed by atoms with Crippen molar-refractivity contribution in [1.29, 1.82) is 0 Å². The molecule has 3 nitrogen and oxygen atoms in total. The van der Waals surface area contributed by atoms with Crippen molar-refractivity contribution < 1.29 is 8.78 Å². The third kappa shape index (κ3) is 2.52. The molecule has 3 rings (SSSR count). The minimum atomic E-state index is -2.58. The highest BCUT2D eigenvalue weighted by Gasteiger charge is 2.57. The van der Waals surface area contributed by atoms with Crippen molar-refractivity contribution in [3.63, 3.8) is 0 Å². The van der Waals surface area contributed by atoms with Gasteiger partial charge in [0.15, 0.2) is 0 Å². The molecule has 0 unspecified atom stereocenters. The second kappa shape index (κ2) is 5.20. The van der Waals surface area contributed by atoms with E-state index in [1.165, 1.54) is 5.56 Å². The Kier molecular flexibility index (Phi) is 3.64. The van der Waals surface area contributed by atoms with Crippen LogP contribution in [0.1, 0.15) is 38.2 Å². The summed E-state index contributed by atoms with van der Waals surface area (Å²) in [5.74, 6) is -1.21. The van der Waals surface area contributed by atoms with E-state index in [1.54, 1.807) is 0 Å². The summed E-state index contributed by atoms with van der Waals surface area (Å²) in [7, 11) is 0. The zero-order chi connectivity index (χ0) is 15.1. The zero-order valence-corrected chi connectivity index (χ0v) is 12.7.